The fourth-order valence-corrected chi connectivity index (χ4v) is 3.71. The fourth-order valence-electron chi connectivity index (χ4n) is 2.89. The Kier molecular flexibility index (Phi) is 6.87. The number of amides is 1. The summed E-state index contributed by atoms with van der Waals surface area (Å²) in [4.78, 5) is 12.1. The quantitative estimate of drug-likeness (QED) is 0.555. The molecule has 3 aromatic rings. The third kappa shape index (κ3) is 5.14. The van der Waals surface area contributed by atoms with Gasteiger partial charge in [-0.1, -0.05) is 42.1 Å². The molecule has 0 aliphatic rings. The molecule has 0 fully saturated rings. The Labute approximate surface area is 173 Å². The average molecular weight is 415 g/mol. The van der Waals surface area contributed by atoms with Crippen molar-refractivity contribution < 1.29 is 13.9 Å². The van der Waals surface area contributed by atoms with Crippen molar-refractivity contribution in [1.82, 2.24) is 14.8 Å². The summed E-state index contributed by atoms with van der Waals surface area (Å²) in [6, 6.07) is 12.1. The van der Waals surface area contributed by atoms with Crippen molar-refractivity contribution in [3.8, 4) is 5.75 Å². The van der Waals surface area contributed by atoms with Crippen molar-refractivity contribution >= 4 is 23.4 Å². The van der Waals surface area contributed by atoms with Crippen LogP contribution in [-0.2, 0) is 17.9 Å². The summed E-state index contributed by atoms with van der Waals surface area (Å²) >= 11 is 1.25. The lowest BCUT2D eigenvalue weighted by molar-refractivity contribution is -0.113. The van der Waals surface area contributed by atoms with Gasteiger partial charge in [-0.3, -0.25) is 4.79 Å². The lowest BCUT2D eigenvalue weighted by atomic mass is 10.1. The van der Waals surface area contributed by atoms with E-state index in [1.807, 2.05) is 43.5 Å². The van der Waals surface area contributed by atoms with Gasteiger partial charge in [-0.15, -0.1) is 10.2 Å². The van der Waals surface area contributed by atoms with Crippen LogP contribution in [0.15, 0.2) is 47.6 Å². The van der Waals surface area contributed by atoms with Gasteiger partial charge in [0, 0.05) is 6.54 Å². The third-order valence-electron chi connectivity index (χ3n) is 4.34. The molecule has 0 radical (unpaired) electrons. The maximum atomic E-state index is 13.7. The molecule has 29 heavy (non-hydrogen) atoms. The van der Waals surface area contributed by atoms with E-state index in [4.69, 9.17) is 4.74 Å². The van der Waals surface area contributed by atoms with E-state index in [1.54, 1.807) is 12.1 Å². The van der Waals surface area contributed by atoms with E-state index < -0.39 is 5.82 Å². The molecular weight excluding hydrogens is 391 g/mol. The summed E-state index contributed by atoms with van der Waals surface area (Å²) in [7, 11) is 0. The smallest absolute Gasteiger partial charge is 0.234 e. The standard InChI is InChI=1S/C21H23FN4O2S/c1-4-26-18(12-28-20-14(2)8-7-9-15(20)3)24-25-21(26)29-13-19(27)23-17-11-6-5-10-16(17)22/h5-11H,4,12-13H2,1-3H3,(H,23,27). The van der Waals surface area contributed by atoms with E-state index in [1.165, 1.54) is 23.9 Å². The molecular formula is C21H23FN4O2S. The van der Waals surface area contributed by atoms with Gasteiger partial charge >= 0.3 is 0 Å². The highest BCUT2D eigenvalue weighted by Gasteiger charge is 2.15. The highest BCUT2D eigenvalue weighted by atomic mass is 32.2. The second-order valence-corrected chi connectivity index (χ2v) is 7.41. The number of hydrogen-bond donors (Lipinski definition) is 1. The molecule has 1 amide bonds. The second-order valence-electron chi connectivity index (χ2n) is 6.47. The molecule has 0 aliphatic carbocycles. The number of carbonyl (C=O) groups excluding carboxylic acids is 1. The summed E-state index contributed by atoms with van der Waals surface area (Å²) in [5, 5.41) is 11.6. The van der Waals surface area contributed by atoms with Crippen LogP contribution in [0, 0.1) is 19.7 Å². The van der Waals surface area contributed by atoms with Crippen LogP contribution in [0.5, 0.6) is 5.75 Å². The van der Waals surface area contributed by atoms with E-state index in [0.29, 0.717) is 17.5 Å². The van der Waals surface area contributed by atoms with Crippen molar-refractivity contribution in [2.45, 2.75) is 39.1 Å². The number of hydrogen-bond acceptors (Lipinski definition) is 5. The van der Waals surface area contributed by atoms with Crippen LogP contribution >= 0.6 is 11.8 Å². The zero-order valence-electron chi connectivity index (χ0n) is 16.6. The van der Waals surface area contributed by atoms with Crippen molar-refractivity contribution in [1.29, 1.82) is 0 Å². The van der Waals surface area contributed by atoms with Crippen molar-refractivity contribution in [3.05, 3.63) is 65.2 Å². The highest BCUT2D eigenvalue weighted by molar-refractivity contribution is 7.99. The van der Waals surface area contributed by atoms with Gasteiger partial charge in [0.15, 0.2) is 11.0 Å². The minimum absolute atomic E-state index is 0.101. The van der Waals surface area contributed by atoms with Crippen molar-refractivity contribution in [2.75, 3.05) is 11.1 Å². The molecule has 8 heteroatoms. The molecule has 0 spiro atoms. The first-order valence-electron chi connectivity index (χ1n) is 9.27. The van der Waals surface area contributed by atoms with E-state index in [-0.39, 0.29) is 24.0 Å². The van der Waals surface area contributed by atoms with Crippen LogP contribution in [0.1, 0.15) is 23.9 Å². The first-order chi connectivity index (χ1) is 14.0. The number of para-hydroxylation sites is 2. The van der Waals surface area contributed by atoms with Gasteiger partial charge in [-0.2, -0.15) is 0 Å². The van der Waals surface area contributed by atoms with Gasteiger partial charge in [0.1, 0.15) is 18.2 Å². The third-order valence-corrected chi connectivity index (χ3v) is 5.31. The molecule has 1 N–H and O–H groups in total. The molecule has 0 saturated carbocycles. The number of carbonyl (C=O) groups is 1. The Morgan fingerprint density at radius 1 is 1.14 bits per heavy atom. The Morgan fingerprint density at radius 2 is 1.86 bits per heavy atom. The lowest BCUT2D eigenvalue weighted by Crippen LogP contribution is -2.15. The van der Waals surface area contributed by atoms with Crippen LogP contribution in [0.25, 0.3) is 0 Å². The first-order valence-corrected chi connectivity index (χ1v) is 10.3. The number of nitrogens with zero attached hydrogens (tertiary/aromatic N) is 3. The zero-order valence-corrected chi connectivity index (χ0v) is 17.4. The number of ether oxygens (including phenoxy) is 1. The molecule has 0 atom stereocenters. The van der Waals surface area contributed by atoms with Crippen molar-refractivity contribution in [2.24, 2.45) is 0 Å². The average Bonchev–Trinajstić information content (AvgIpc) is 3.09. The lowest BCUT2D eigenvalue weighted by Gasteiger charge is -2.12. The van der Waals surface area contributed by atoms with Gasteiger partial charge in [0.25, 0.3) is 0 Å². The molecule has 2 aromatic carbocycles. The maximum absolute atomic E-state index is 13.7. The SMILES string of the molecule is CCn1c(COc2c(C)cccc2C)nnc1SCC(=O)Nc1ccccc1F. The first kappa shape index (κ1) is 20.9. The largest absolute Gasteiger partial charge is 0.485 e. The Hall–Kier alpha value is -2.87. The molecule has 6 nitrogen and oxygen atoms in total. The molecule has 0 unspecified atom stereocenters. The zero-order chi connectivity index (χ0) is 20.8. The van der Waals surface area contributed by atoms with Crippen LogP contribution in [0.3, 0.4) is 0 Å². The van der Waals surface area contributed by atoms with E-state index >= 15 is 0 Å². The minimum atomic E-state index is -0.464. The number of aryl methyl sites for hydroxylation is 2. The Bertz CT molecular complexity index is 986. The maximum Gasteiger partial charge on any atom is 0.234 e. The van der Waals surface area contributed by atoms with Crippen molar-refractivity contribution in [3.63, 3.8) is 0 Å². The second kappa shape index (κ2) is 9.56. The predicted octanol–water partition coefficient (Wildman–Crippen LogP) is 4.36. The molecule has 1 heterocycles. The predicted molar refractivity (Wildman–Crippen MR) is 112 cm³/mol. The van der Waals surface area contributed by atoms with Gasteiger partial charge in [0.2, 0.25) is 5.91 Å². The summed E-state index contributed by atoms with van der Waals surface area (Å²) in [5.74, 6) is 0.862. The van der Waals surface area contributed by atoms with E-state index in [0.717, 1.165) is 16.9 Å². The minimum Gasteiger partial charge on any atom is -0.485 e. The number of nitrogens with one attached hydrogen (secondary N) is 1. The van der Waals surface area contributed by atoms with Gasteiger partial charge in [-0.05, 0) is 44.0 Å². The Morgan fingerprint density at radius 3 is 2.55 bits per heavy atom. The van der Waals surface area contributed by atoms with Crippen LogP contribution in [-0.4, -0.2) is 26.4 Å². The summed E-state index contributed by atoms with van der Waals surface area (Å²) < 4.78 is 21.5. The van der Waals surface area contributed by atoms with Gasteiger partial charge in [0.05, 0.1) is 11.4 Å². The number of halogens is 1. The molecule has 0 bridgehead atoms. The van der Waals surface area contributed by atoms with Gasteiger partial charge in [-0.25, -0.2) is 4.39 Å². The van der Waals surface area contributed by atoms with Gasteiger partial charge < -0.3 is 14.6 Å². The van der Waals surface area contributed by atoms with E-state index in [9.17, 15) is 9.18 Å². The number of rotatable bonds is 8. The highest BCUT2D eigenvalue weighted by Crippen LogP contribution is 2.24. The number of benzene rings is 2. The normalized spacial score (nSPS) is 10.8. The van der Waals surface area contributed by atoms with Crippen LogP contribution < -0.4 is 10.1 Å². The summed E-state index contributed by atoms with van der Waals surface area (Å²) in [6.45, 7) is 6.92. The van der Waals surface area contributed by atoms with Crippen LogP contribution in [0.4, 0.5) is 10.1 Å². The number of anilines is 1. The number of thioether (sulfide) groups is 1. The Balaban J connectivity index is 1.62. The molecule has 0 saturated heterocycles. The van der Waals surface area contributed by atoms with Crippen LogP contribution in [0.2, 0.25) is 0 Å². The molecule has 1 aromatic heterocycles. The number of aromatic nitrogens is 3. The summed E-state index contributed by atoms with van der Waals surface area (Å²) in [5.41, 5.74) is 2.29. The molecule has 0 aliphatic heterocycles. The molecule has 3 rings (SSSR count). The molecule has 152 valence electrons. The monoisotopic (exact) mass is 414 g/mol. The summed E-state index contributed by atoms with van der Waals surface area (Å²) in [6.07, 6.45) is 0. The topological polar surface area (TPSA) is 69.0 Å². The fraction of sp³-hybridized carbons (Fsp3) is 0.286. The van der Waals surface area contributed by atoms with E-state index in [2.05, 4.69) is 15.5 Å².